The fourth-order valence-corrected chi connectivity index (χ4v) is 7.13. The number of carbonyl (C=O) groups excluding carboxylic acids is 3. The van der Waals surface area contributed by atoms with Gasteiger partial charge in [0.05, 0.1) is 0 Å². The fraction of sp³-hybridized carbons (Fsp3) is 0.432. The van der Waals surface area contributed by atoms with Gasteiger partial charge >= 0.3 is 0 Å². The number of hydrogen-bond acceptors (Lipinski definition) is 9. The molecule has 2 aromatic carbocycles. The Morgan fingerprint density at radius 2 is 1.62 bits per heavy atom. The number of aromatic amines is 1. The highest BCUT2D eigenvalue weighted by atomic mass is 16.2. The highest BCUT2D eigenvalue weighted by Crippen LogP contribution is 2.33. The first-order valence-corrected chi connectivity index (χ1v) is 17.4. The van der Waals surface area contributed by atoms with E-state index in [2.05, 4.69) is 42.9 Å². The number of piperidine rings is 1. The predicted molar refractivity (Wildman–Crippen MR) is 191 cm³/mol. The van der Waals surface area contributed by atoms with Gasteiger partial charge in [-0.15, -0.1) is 10.2 Å². The van der Waals surface area contributed by atoms with Crippen LogP contribution in [0.1, 0.15) is 60.3 Å². The summed E-state index contributed by atoms with van der Waals surface area (Å²) in [5.41, 5.74) is 17.1. The number of H-pyrrole nitrogens is 1. The molecule has 0 unspecified atom stereocenters. The van der Waals surface area contributed by atoms with E-state index in [9.17, 15) is 14.4 Å². The Kier molecular flexibility index (Phi) is 10.9. The lowest BCUT2D eigenvalue weighted by Crippen LogP contribution is -2.52. The Morgan fingerprint density at radius 3 is 2.22 bits per heavy atom. The van der Waals surface area contributed by atoms with Crippen LogP contribution < -0.4 is 21.7 Å². The number of amides is 3. The van der Waals surface area contributed by atoms with Gasteiger partial charge in [0.2, 0.25) is 17.6 Å². The van der Waals surface area contributed by atoms with Crippen LogP contribution in [0.5, 0.6) is 0 Å². The van der Waals surface area contributed by atoms with Crippen LogP contribution in [0.4, 0.5) is 5.69 Å². The van der Waals surface area contributed by atoms with Gasteiger partial charge < -0.3 is 21.7 Å². The second-order valence-electron chi connectivity index (χ2n) is 13.6. The van der Waals surface area contributed by atoms with Crippen molar-refractivity contribution in [1.29, 1.82) is 0 Å². The summed E-state index contributed by atoms with van der Waals surface area (Å²) >= 11 is 0. The highest BCUT2D eigenvalue weighted by Gasteiger charge is 2.36. The summed E-state index contributed by atoms with van der Waals surface area (Å²) in [5.74, 6) is -0.258. The zero-order valence-corrected chi connectivity index (χ0v) is 28.7. The van der Waals surface area contributed by atoms with E-state index in [4.69, 9.17) is 11.5 Å². The van der Waals surface area contributed by atoms with Gasteiger partial charge in [-0.2, -0.15) is 5.21 Å². The molecule has 1 saturated heterocycles. The summed E-state index contributed by atoms with van der Waals surface area (Å²) in [7, 11) is 2.09. The van der Waals surface area contributed by atoms with Crippen LogP contribution in [0.3, 0.4) is 0 Å². The van der Waals surface area contributed by atoms with Crippen LogP contribution in [0.15, 0.2) is 60.7 Å². The molecular formula is C37H46N10O3. The standard InChI is InChI=1S/C37H46N10O3/c1-23-31(15-16-32(40-23)36(49)41-29-17-19-46(2)20-18-29)26-7-3-24(4-8-26)21-33(34(39)48)47(37(50)28-9-5-25(22-38)6-10-28)30-13-11-27(12-14-30)35-42-44-45-43-35/h3-4,7-8,11-16,25,28-29,33H,5-6,9-10,17-22,38H2,1-2H3,(H2,39,48)(H,41,49)(H,42,43,44,45)/t25?,28?,33-/m0/s1. The molecule has 1 aliphatic heterocycles. The van der Waals surface area contributed by atoms with E-state index in [-0.39, 0.29) is 30.2 Å². The van der Waals surface area contributed by atoms with E-state index in [1.165, 1.54) is 0 Å². The molecule has 6 N–H and O–H groups in total. The maximum Gasteiger partial charge on any atom is 0.270 e. The molecule has 1 aliphatic carbocycles. The van der Waals surface area contributed by atoms with Gasteiger partial charge in [-0.25, -0.2) is 4.98 Å². The Balaban J connectivity index is 1.20. The molecule has 3 heterocycles. The van der Waals surface area contributed by atoms with Gasteiger partial charge in [-0.05, 0) is 125 Å². The number of carbonyl (C=O) groups is 3. The summed E-state index contributed by atoms with van der Waals surface area (Å²) in [5, 5.41) is 17.3. The number of anilines is 1. The highest BCUT2D eigenvalue weighted by molar-refractivity contribution is 6.02. The molecule has 4 aromatic rings. The number of hydrogen-bond donors (Lipinski definition) is 4. The molecule has 0 radical (unpaired) electrons. The normalized spacial score (nSPS) is 19.1. The molecule has 13 nitrogen and oxygen atoms in total. The molecule has 262 valence electrons. The summed E-state index contributed by atoms with van der Waals surface area (Å²) in [6.45, 7) is 4.43. The quantitative estimate of drug-likeness (QED) is 0.185. The molecule has 2 aliphatic rings. The number of nitrogens with two attached hydrogens (primary N) is 2. The lowest BCUT2D eigenvalue weighted by molar-refractivity contribution is -0.127. The van der Waals surface area contributed by atoms with E-state index < -0.39 is 11.9 Å². The van der Waals surface area contributed by atoms with Crippen LogP contribution >= 0.6 is 0 Å². The minimum atomic E-state index is -0.914. The number of nitrogens with one attached hydrogen (secondary N) is 2. The number of tetrazole rings is 1. The number of aromatic nitrogens is 5. The molecule has 13 heteroatoms. The topological polar surface area (TPSA) is 189 Å². The molecule has 1 atom stereocenters. The van der Waals surface area contributed by atoms with Gasteiger partial charge in [0.15, 0.2) is 0 Å². The summed E-state index contributed by atoms with van der Waals surface area (Å²) in [4.78, 5) is 48.8. The van der Waals surface area contributed by atoms with Crippen molar-refractivity contribution in [2.75, 3.05) is 31.6 Å². The van der Waals surface area contributed by atoms with Gasteiger partial charge in [-0.3, -0.25) is 19.3 Å². The van der Waals surface area contributed by atoms with Crippen LogP contribution in [0.25, 0.3) is 22.5 Å². The van der Waals surface area contributed by atoms with E-state index >= 15 is 0 Å². The minimum Gasteiger partial charge on any atom is -0.368 e. The fourth-order valence-electron chi connectivity index (χ4n) is 7.13. The number of primary amides is 1. The van der Waals surface area contributed by atoms with Crippen LogP contribution in [-0.2, 0) is 16.0 Å². The summed E-state index contributed by atoms with van der Waals surface area (Å²) in [6.07, 6.45) is 5.26. The van der Waals surface area contributed by atoms with Crippen molar-refractivity contribution in [1.82, 2.24) is 35.8 Å². The molecular weight excluding hydrogens is 632 g/mol. The number of nitrogens with zero attached hydrogens (tertiary/aromatic N) is 6. The second kappa shape index (κ2) is 15.7. The van der Waals surface area contributed by atoms with Crippen molar-refractivity contribution in [3.05, 3.63) is 77.6 Å². The van der Waals surface area contributed by atoms with Crippen molar-refractivity contribution in [3.8, 4) is 22.5 Å². The first-order chi connectivity index (χ1) is 24.2. The van der Waals surface area contributed by atoms with Crippen molar-refractivity contribution in [2.45, 2.75) is 64.0 Å². The number of likely N-dealkylation sites (tertiary alicyclic amines) is 1. The van der Waals surface area contributed by atoms with E-state index in [0.29, 0.717) is 42.5 Å². The largest absolute Gasteiger partial charge is 0.368 e. The van der Waals surface area contributed by atoms with E-state index in [0.717, 1.165) is 66.7 Å². The maximum atomic E-state index is 14.2. The van der Waals surface area contributed by atoms with Gasteiger partial charge in [0.1, 0.15) is 11.7 Å². The van der Waals surface area contributed by atoms with Crippen LogP contribution in [0, 0.1) is 18.8 Å². The first-order valence-electron chi connectivity index (χ1n) is 17.4. The van der Waals surface area contributed by atoms with E-state index in [1.807, 2.05) is 37.3 Å². The molecule has 0 bridgehead atoms. The maximum absolute atomic E-state index is 14.2. The molecule has 3 amide bonds. The van der Waals surface area contributed by atoms with Gasteiger partial charge in [0, 0.05) is 40.9 Å². The predicted octanol–water partition coefficient (Wildman–Crippen LogP) is 3.26. The van der Waals surface area contributed by atoms with Gasteiger partial charge in [-0.1, -0.05) is 30.3 Å². The Bertz CT molecular complexity index is 1760. The third kappa shape index (κ3) is 8.06. The average Bonchev–Trinajstić information content (AvgIpc) is 3.68. The SMILES string of the molecule is Cc1nc(C(=O)NC2CCN(C)CC2)ccc1-c1ccc(C[C@@H](C(N)=O)N(C(=O)C2CCC(CN)CC2)c2ccc(-c3nn[nH]n3)cc2)cc1. The number of rotatable bonds is 11. The summed E-state index contributed by atoms with van der Waals surface area (Å²) in [6, 6.07) is 17.9. The third-order valence-corrected chi connectivity index (χ3v) is 10.2. The number of benzene rings is 2. The summed E-state index contributed by atoms with van der Waals surface area (Å²) < 4.78 is 0. The Morgan fingerprint density at radius 1 is 0.940 bits per heavy atom. The molecule has 6 rings (SSSR count). The smallest absolute Gasteiger partial charge is 0.270 e. The third-order valence-electron chi connectivity index (χ3n) is 10.2. The lowest BCUT2D eigenvalue weighted by atomic mass is 9.81. The molecule has 2 aromatic heterocycles. The van der Waals surface area contributed by atoms with Crippen molar-refractivity contribution >= 4 is 23.4 Å². The van der Waals surface area contributed by atoms with Crippen molar-refractivity contribution < 1.29 is 14.4 Å². The van der Waals surface area contributed by atoms with E-state index in [1.54, 1.807) is 35.2 Å². The average molecular weight is 679 g/mol. The van der Waals surface area contributed by atoms with Crippen LogP contribution in [0.2, 0.25) is 0 Å². The van der Waals surface area contributed by atoms with Gasteiger partial charge in [0.25, 0.3) is 5.91 Å². The zero-order chi connectivity index (χ0) is 35.2. The monoisotopic (exact) mass is 678 g/mol. The second-order valence-corrected chi connectivity index (χ2v) is 13.6. The van der Waals surface area contributed by atoms with Crippen LogP contribution in [-0.4, -0.2) is 87.0 Å². The first kappa shape index (κ1) is 34.8. The molecule has 2 fully saturated rings. The Hall–Kier alpha value is -5.01. The zero-order valence-electron chi connectivity index (χ0n) is 28.7. The minimum absolute atomic E-state index is 0.116. The Labute approximate surface area is 292 Å². The molecule has 1 saturated carbocycles. The molecule has 0 spiro atoms. The number of aryl methyl sites for hydroxylation is 1. The van der Waals surface area contributed by atoms with Crippen molar-refractivity contribution in [3.63, 3.8) is 0 Å². The number of pyridine rings is 1. The molecule has 50 heavy (non-hydrogen) atoms. The van der Waals surface area contributed by atoms with Crippen molar-refractivity contribution in [2.24, 2.45) is 23.3 Å². The lowest BCUT2D eigenvalue weighted by Gasteiger charge is -2.35.